The number of likely N-dealkylation sites (N-methyl/N-ethyl adjacent to an activating group) is 1. The molecule has 0 heterocycles. The van der Waals surface area contributed by atoms with Crippen molar-refractivity contribution in [2.75, 3.05) is 13.6 Å². The van der Waals surface area contributed by atoms with Gasteiger partial charge in [-0.05, 0) is 44.0 Å². The second-order valence-corrected chi connectivity index (χ2v) is 6.07. The van der Waals surface area contributed by atoms with Crippen LogP contribution in [-0.4, -0.2) is 25.5 Å². The number of carbonyl (C=O) groups excluding carboxylic acids is 1. The van der Waals surface area contributed by atoms with Crippen LogP contribution in [0.1, 0.15) is 43.6 Å². The number of hydrogen-bond donors (Lipinski definition) is 2. The zero-order valence-electron chi connectivity index (χ0n) is 12.7. The molecule has 0 bridgehead atoms. The van der Waals surface area contributed by atoms with Gasteiger partial charge in [0.2, 0.25) is 0 Å². The third kappa shape index (κ3) is 4.67. The summed E-state index contributed by atoms with van der Waals surface area (Å²) in [6.07, 6.45) is 0.865. The summed E-state index contributed by atoms with van der Waals surface area (Å²) in [7, 11) is 1.92. The van der Waals surface area contributed by atoms with Crippen LogP contribution in [0.4, 0.5) is 0 Å². The summed E-state index contributed by atoms with van der Waals surface area (Å²) < 4.78 is 0. The number of nitrogens with one attached hydrogen (secondary N) is 2. The Balaban J connectivity index is 2.82. The van der Waals surface area contributed by atoms with Crippen molar-refractivity contribution >= 4 is 5.91 Å². The lowest BCUT2D eigenvalue weighted by Crippen LogP contribution is -2.41. The molecule has 1 amide bonds. The highest BCUT2D eigenvalue weighted by atomic mass is 16.1. The van der Waals surface area contributed by atoms with E-state index in [2.05, 4.69) is 31.4 Å². The number of benzene rings is 1. The third-order valence-corrected chi connectivity index (χ3v) is 3.55. The van der Waals surface area contributed by atoms with Gasteiger partial charge in [-0.25, -0.2) is 0 Å². The van der Waals surface area contributed by atoms with Gasteiger partial charge in [-0.2, -0.15) is 0 Å². The second-order valence-electron chi connectivity index (χ2n) is 6.07. The fourth-order valence-corrected chi connectivity index (χ4v) is 1.71. The largest absolute Gasteiger partial charge is 0.349 e. The Morgan fingerprint density at radius 1 is 1.26 bits per heavy atom. The average Bonchev–Trinajstić information content (AvgIpc) is 2.35. The molecule has 2 N–H and O–H groups in total. The minimum absolute atomic E-state index is 0.0223. The van der Waals surface area contributed by atoms with Gasteiger partial charge >= 0.3 is 0 Å². The van der Waals surface area contributed by atoms with E-state index in [0.29, 0.717) is 0 Å². The summed E-state index contributed by atoms with van der Waals surface area (Å²) in [6.45, 7) is 9.31. The van der Waals surface area contributed by atoms with E-state index in [1.807, 2.05) is 38.2 Å². The predicted molar refractivity (Wildman–Crippen MR) is 80.5 cm³/mol. The van der Waals surface area contributed by atoms with E-state index in [4.69, 9.17) is 0 Å². The Morgan fingerprint density at radius 2 is 1.89 bits per heavy atom. The molecule has 106 valence electrons. The van der Waals surface area contributed by atoms with Gasteiger partial charge in [0.25, 0.3) is 5.91 Å². The Morgan fingerprint density at radius 3 is 2.47 bits per heavy atom. The maximum absolute atomic E-state index is 12.4. The van der Waals surface area contributed by atoms with Gasteiger partial charge in [0.05, 0.1) is 0 Å². The quantitative estimate of drug-likeness (QED) is 0.856. The van der Waals surface area contributed by atoms with Crippen LogP contribution in [0.25, 0.3) is 0 Å². The summed E-state index contributed by atoms with van der Waals surface area (Å²) in [5, 5.41) is 6.21. The Kier molecular flexibility index (Phi) is 5.55. The van der Waals surface area contributed by atoms with Gasteiger partial charge in [0.1, 0.15) is 0 Å². The molecule has 0 aliphatic rings. The molecule has 1 aromatic carbocycles. The van der Waals surface area contributed by atoms with E-state index in [1.165, 1.54) is 0 Å². The second kappa shape index (κ2) is 6.71. The molecule has 1 aromatic rings. The summed E-state index contributed by atoms with van der Waals surface area (Å²) in [5.41, 5.74) is 1.94. The lowest BCUT2D eigenvalue weighted by Gasteiger charge is -2.28. The van der Waals surface area contributed by atoms with Crippen molar-refractivity contribution in [3.63, 3.8) is 0 Å². The minimum Gasteiger partial charge on any atom is -0.349 e. The highest BCUT2D eigenvalue weighted by Gasteiger charge is 2.22. The van der Waals surface area contributed by atoms with Crippen LogP contribution in [0.2, 0.25) is 0 Å². The van der Waals surface area contributed by atoms with Crippen molar-refractivity contribution in [3.8, 4) is 0 Å². The first-order valence-electron chi connectivity index (χ1n) is 6.89. The Bertz CT molecular complexity index is 421. The maximum Gasteiger partial charge on any atom is 0.251 e. The van der Waals surface area contributed by atoms with Gasteiger partial charge in [-0.15, -0.1) is 0 Å². The molecule has 19 heavy (non-hydrogen) atoms. The normalized spacial score (nSPS) is 13.1. The van der Waals surface area contributed by atoms with E-state index >= 15 is 0 Å². The molecule has 1 atom stereocenters. The summed E-state index contributed by atoms with van der Waals surface area (Å²) >= 11 is 0. The maximum atomic E-state index is 12.4. The van der Waals surface area contributed by atoms with Crippen molar-refractivity contribution in [1.29, 1.82) is 0 Å². The minimum atomic E-state index is 0.0223. The van der Waals surface area contributed by atoms with E-state index in [9.17, 15) is 4.79 Å². The SMILES string of the molecule is CNCCc1ccccc1C(=O)NC(C)C(C)(C)C. The van der Waals surface area contributed by atoms with Gasteiger partial charge in [-0.3, -0.25) is 4.79 Å². The van der Waals surface area contributed by atoms with Gasteiger partial charge in [0, 0.05) is 11.6 Å². The first-order chi connectivity index (χ1) is 8.86. The van der Waals surface area contributed by atoms with Gasteiger partial charge < -0.3 is 10.6 Å². The molecule has 0 aliphatic heterocycles. The monoisotopic (exact) mass is 262 g/mol. The first-order valence-corrected chi connectivity index (χ1v) is 6.89. The molecule has 0 fully saturated rings. The number of rotatable bonds is 5. The number of carbonyl (C=O) groups is 1. The lowest BCUT2D eigenvalue weighted by atomic mass is 9.88. The molecule has 0 spiro atoms. The first kappa shape index (κ1) is 15.7. The topological polar surface area (TPSA) is 41.1 Å². The van der Waals surface area contributed by atoms with Crippen LogP contribution in [0.5, 0.6) is 0 Å². The van der Waals surface area contributed by atoms with Crippen LogP contribution in [-0.2, 0) is 6.42 Å². The summed E-state index contributed by atoms with van der Waals surface area (Å²) in [4.78, 5) is 12.4. The third-order valence-electron chi connectivity index (χ3n) is 3.55. The highest BCUT2D eigenvalue weighted by molar-refractivity contribution is 5.95. The lowest BCUT2D eigenvalue weighted by molar-refractivity contribution is 0.0909. The van der Waals surface area contributed by atoms with Crippen molar-refractivity contribution in [1.82, 2.24) is 10.6 Å². The Labute approximate surface area is 116 Å². The number of hydrogen-bond acceptors (Lipinski definition) is 2. The van der Waals surface area contributed by atoms with E-state index in [-0.39, 0.29) is 17.4 Å². The molecular formula is C16H26N2O. The van der Waals surface area contributed by atoms with E-state index in [0.717, 1.165) is 24.1 Å². The van der Waals surface area contributed by atoms with Crippen molar-refractivity contribution in [2.45, 2.75) is 40.2 Å². The molecule has 1 rings (SSSR count). The van der Waals surface area contributed by atoms with E-state index < -0.39 is 0 Å². The molecule has 1 unspecified atom stereocenters. The summed E-state index contributed by atoms with van der Waals surface area (Å²) in [6, 6.07) is 7.95. The molecule has 3 heteroatoms. The van der Waals surface area contributed by atoms with Gasteiger partial charge in [-0.1, -0.05) is 39.0 Å². The van der Waals surface area contributed by atoms with Crippen LogP contribution < -0.4 is 10.6 Å². The molecule has 0 aliphatic carbocycles. The molecule has 0 saturated carbocycles. The molecule has 0 aromatic heterocycles. The highest BCUT2D eigenvalue weighted by Crippen LogP contribution is 2.19. The standard InChI is InChI=1S/C16H26N2O/c1-12(16(2,3)4)18-15(19)14-9-7-6-8-13(14)10-11-17-5/h6-9,12,17H,10-11H2,1-5H3,(H,18,19). The van der Waals surface area contributed by atoms with Crippen molar-refractivity contribution < 1.29 is 4.79 Å². The van der Waals surface area contributed by atoms with Crippen molar-refractivity contribution in [2.24, 2.45) is 5.41 Å². The summed E-state index contributed by atoms with van der Waals surface area (Å²) in [5.74, 6) is 0.0223. The fourth-order valence-electron chi connectivity index (χ4n) is 1.71. The number of amides is 1. The van der Waals surface area contributed by atoms with Crippen LogP contribution >= 0.6 is 0 Å². The van der Waals surface area contributed by atoms with Crippen LogP contribution in [0.15, 0.2) is 24.3 Å². The smallest absolute Gasteiger partial charge is 0.251 e. The average molecular weight is 262 g/mol. The molecule has 0 radical (unpaired) electrons. The van der Waals surface area contributed by atoms with Crippen LogP contribution in [0.3, 0.4) is 0 Å². The Hall–Kier alpha value is -1.35. The van der Waals surface area contributed by atoms with E-state index in [1.54, 1.807) is 0 Å². The molecule has 0 saturated heterocycles. The molecule has 3 nitrogen and oxygen atoms in total. The van der Waals surface area contributed by atoms with Crippen LogP contribution in [0, 0.1) is 5.41 Å². The fraction of sp³-hybridized carbons (Fsp3) is 0.562. The van der Waals surface area contributed by atoms with Gasteiger partial charge in [0.15, 0.2) is 0 Å². The van der Waals surface area contributed by atoms with Crippen molar-refractivity contribution in [3.05, 3.63) is 35.4 Å². The molecular weight excluding hydrogens is 236 g/mol. The zero-order valence-corrected chi connectivity index (χ0v) is 12.7. The zero-order chi connectivity index (χ0) is 14.5. The predicted octanol–water partition coefficient (Wildman–Crippen LogP) is 2.61.